The van der Waals surface area contributed by atoms with Crippen LogP contribution in [0.15, 0.2) is 24.3 Å². The van der Waals surface area contributed by atoms with E-state index in [4.69, 9.17) is 11.6 Å². The van der Waals surface area contributed by atoms with Crippen molar-refractivity contribution >= 4 is 40.1 Å². The Bertz CT molecular complexity index is 410. The highest BCUT2D eigenvalue weighted by molar-refractivity contribution is 14.1. The van der Waals surface area contributed by atoms with Gasteiger partial charge in [0.1, 0.15) is 0 Å². The van der Waals surface area contributed by atoms with Crippen LogP contribution in [0.3, 0.4) is 0 Å². The van der Waals surface area contributed by atoms with Crippen molar-refractivity contribution in [3.63, 3.8) is 0 Å². The van der Waals surface area contributed by atoms with Crippen molar-refractivity contribution in [3.05, 3.63) is 33.4 Å². The van der Waals surface area contributed by atoms with Crippen molar-refractivity contribution in [1.29, 1.82) is 0 Å². The van der Waals surface area contributed by atoms with Crippen molar-refractivity contribution in [3.8, 4) is 0 Å². The van der Waals surface area contributed by atoms with Gasteiger partial charge in [-0.2, -0.15) is 0 Å². The summed E-state index contributed by atoms with van der Waals surface area (Å²) in [5, 5.41) is 0. The first-order valence-electron chi connectivity index (χ1n) is 5.85. The van der Waals surface area contributed by atoms with Gasteiger partial charge in [-0.25, -0.2) is 0 Å². The Labute approximate surface area is 120 Å². The minimum absolute atomic E-state index is 0.125. The molecule has 17 heavy (non-hydrogen) atoms. The molecule has 2 rings (SSSR count). The van der Waals surface area contributed by atoms with Gasteiger partial charge in [0.25, 0.3) is 5.91 Å². The normalized spacial score (nSPS) is 20.4. The second-order valence-corrected chi connectivity index (χ2v) is 5.75. The highest BCUT2D eigenvalue weighted by Gasteiger charge is 2.27. The number of piperidine rings is 1. The van der Waals surface area contributed by atoms with Crippen molar-refractivity contribution in [1.82, 2.24) is 4.90 Å². The van der Waals surface area contributed by atoms with Crippen molar-refractivity contribution in [2.24, 2.45) is 0 Å². The average Bonchev–Trinajstić information content (AvgIpc) is 2.38. The third kappa shape index (κ3) is 2.94. The largest absolute Gasteiger partial charge is 0.334 e. The zero-order valence-electron chi connectivity index (χ0n) is 9.53. The maximum Gasteiger partial charge on any atom is 0.255 e. The molecule has 0 aliphatic carbocycles. The molecule has 0 bridgehead atoms. The lowest BCUT2D eigenvalue weighted by molar-refractivity contribution is 0.0638. The molecule has 4 heteroatoms. The first-order chi connectivity index (χ1) is 8.24. The molecule has 1 aliphatic heterocycles. The van der Waals surface area contributed by atoms with Gasteiger partial charge in [-0.05, 0) is 54.0 Å². The van der Waals surface area contributed by atoms with E-state index in [2.05, 4.69) is 22.6 Å². The Balaban J connectivity index is 2.21. The minimum atomic E-state index is 0.125. The van der Waals surface area contributed by atoms with Crippen molar-refractivity contribution < 1.29 is 4.79 Å². The summed E-state index contributed by atoms with van der Waals surface area (Å²) in [4.78, 5) is 14.4. The number of halogens is 2. The first kappa shape index (κ1) is 13.1. The van der Waals surface area contributed by atoms with Gasteiger partial charge in [-0.1, -0.05) is 12.1 Å². The first-order valence-corrected chi connectivity index (χ1v) is 7.47. The summed E-state index contributed by atoms with van der Waals surface area (Å²) in [5.41, 5.74) is 0.796. The van der Waals surface area contributed by atoms with E-state index in [1.165, 1.54) is 6.42 Å². The van der Waals surface area contributed by atoms with Crippen LogP contribution in [-0.2, 0) is 0 Å². The smallest absolute Gasteiger partial charge is 0.255 e. The van der Waals surface area contributed by atoms with Gasteiger partial charge in [0, 0.05) is 22.0 Å². The summed E-state index contributed by atoms with van der Waals surface area (Å²) in [6.45, 7) is 0.835. The summed E-state index contributed by atoms with van der Waals surface area (Å²) in [5.74, 6) is 0.662. The Kier molecular flexibility index (Phi) is 4.68. The van der Waals surface area contributed by atoms with Gasteiger partial charge in [0.05, 0.1) is 5.56 Å². The van der Waals surface area contributed by atoms with Crippen LogP contribution in [0.5, 0.6) is 0 Å². The number of carbonyl (C=O) groups is 1. The second-order valence-electron chi connectivity index (χ2n) is 4.28. The van der Waals surface area contributed by atoms with E-state index in [0.29, 0.717) is 5.88 Å². The molecular weight excluding hydrogens is 349 g/mol. The van der Waals surface area contributed by atoms with Gasteiger partial charge in [0.15, 0.2) is 0 Å². The number of amides is 1. The van der Waals surface area contributed by atoms with E-state index in [-0.39, 0.29) is 11.9 Å². The fraction of sp³-hybridized carbons (Fsp3) is 0.462. The van der Waals surface area contributed by atoms with Gasteiger partial charge in [0.2, 0.25) is 0 Å². The van der Waals surface area contributed by atoms with E-state index in [1.807, 2.05) is 29.2 Å². The number of rotatable bonds is 2. The van der Waals surface area contributed by atoms with Crippen LogP contribution in [0.4, 0.5) is 0 Å². The number of alkyl halides is 1. The molecule has 1 aliphatic rings. The molecule has 1 saturated heterocycles. The molecule has 1 aromatic rings. The molecular formula is C13H15ClINO. The number of carbonyl (C=O) groups excluding carboxylic acids is 1. The van der Waals surface area contributed by atoms with Crippen LogP contribution >= 0.6 is 34.2 Å². The number of likely N-dealkylation sites (tertiary alicyclic amines) is 1. The molecule has 1 aromatic carbocycles. The van der Waals surface area contributed by atoms with E-state index >= 15 is 0 Å². The van der Waals surface area contributed by atoms with Crippen LogP contribution in [-0.4, -0.2) is 29.3 Å². The summed E-state index contributed by atoms with van der Waals surface area (Å²) >= 11 is 8.16. The Morgan fingerprint density at radius 3 is 2.88 bits per heavy atom. The van der Waals surface area contributed by atoms with Gasteiger partial charge >= 0.3 is 0 Å². The lowest BCUT2D eigenvalue weighted by Crippen LogP contribution is -2.44. The molecule has 1 fully saturated rings. The Hall–Kier alpha value is -0.290. The predicted molar refractivity (Wildman–Crippen MR) is 78.6 cm³/mol. The zero-order chi connectivity index (χ0) is 12.3. The monoisotopic (exact) mass is 363 g/mol. The number of hydrogen-bond acceptors (Lipinski definition) is 1. The molecule has 2 nitrogen and oxygen atoms in total. The zero-order valence-corrected chi connectivity index (χ0v) is 12.4. The lowest BCUT2D eigenvalue weighted by atomic mass is 10.0. The van der Waals surface area contributed by atoms with Gasteiger partial charge < -0.3 is 4.90 Å². The van der Waals surface area contributed by atoms with Crippen LogP contribution in [0.25, 0.3) is 0 Å². The summed E-state index contributed by atoms with van der Waals surface area (Å²) in [7, 11) is 0. The maximum absolute atomic E-state index is 12.5. The number of benzene rings is 1. The van der Waals surface area contributed by atoms with Crippen LogP contribution in [0, 0.1) is 3.57 Å². The van der Waals surface area contributed by atoms with E-state index < -0.39 is 0 Å². The second kappa shape index (κ2) is 6.05. The summed E-state index contributed by atoms with van der Waals surface area (Å²) < 4.78 is 1.01. The lowest BCUT2D eigenvalue weighted by Gasteiger charge is -2.34. The molecule has 92 valence electrons. The molecule has 0 aromatic heterocycles. The molecule has 0 radical (unpaired) electrons. The Morgan fingerprint density at radius 2 is 2.18 bits per heavy atom. The topological polar surface area (TPSA) is 20.3 Å². The molecule has 0 saturated carbocycles. The minimum Gasteiger partial charge on any atom is -0.334 e. The fourth-order valence-electron chi connectivity index (χ4n) is 2.22. The van der Waals surface area contributed by atoms with E-state index in [0.717, 1.165) is 28.5 Å². The number of hydrogen-bond donors (Lipinski definition) is 0. The third-order valence-electron chi connectivity index (χ3n) is 3.17. The Morgan fingerprint density at radius 1 is 1.41 bits per heavy atom. The summed E-state index contributed by atoms with van der Waals surface area (Å²) in [6, 6.07) is 7.93. The SMILES string of the molecule is O=C(c1ccccc1I)N1CCCCC1CCl. The molecule has 1 unspecified atom stereocenters. The highest BCUT2D eigenvalue weighted by atomic mass is 127. The average molecular weight is 364 g/mol. The molecule has 1 heterocycles. The van der Waals surface area contributed by atoms with Crippen LogP contribution < -0.4 is 0 Å². The van der Waals surface area contributed by atoms with Gasteiger partial charge in [-0.3, -0.25) is 4.79 Å². The molecule has 0 spiro atoms. The number of nitrogens with zero attached hydrogens (tertiary/aromatic N) is 1. The van der Waals surface area contributed by atoms with E-state index in [9.17, 15) is 4.79 Å². The maximum atomic E-state index is 12.5. The van der Waals surface area contributed by atoms with Crippen LogP contribution in [0.1, 0.15) is 29.6 Å². The fourth-order valence-corrected chi connectivity index (χ4v) is 3.16. The molecule has 0 N–H and O–H groups in total. The molecule has 1 atom stereocenters. The van der Waals surface area contributed by atoms with Gasteiger partial charge in [-0.15, -0.1) is 11.6 Å². The molecule has 1 amide bonds. The standard InChI is InChI=1S/C13H15ClINO/c14-9-10-5-3-4-8-16(10)13(17)11-6-1-2-7-12(11)15/h1-2,6-7,10H,3-5,8-9H2. The van der Waals surface area contributed by atoms with Crippen molar-refractivity contribution in [2.75, 3.05) is 12.4 Å². The van der Waals surface area contributed by atoms with E-state index in [1.54, 1.807) is 0 Å². The summed E-state index contributed by atoms with van der Waals surface area (Å²) in [6.07, 6.45) is 3.29. The van der Waals surface area contributed by atoms with Crippen molar-refractivity contribution in [2.45, 2.75) is 25.3 Å². The predicted octanol–water partition coefficient (Wildman–Crippen LogP) is 3.52. The third-order valence-corrected chi connectivity index (χ3v) is 4.47. The quantitative estimate of drug-likeness (QED) is 0.581. The van der Waals surface area contributed by atoms with Crippen LogP contribution in [0.2, 0.25) is 0 Å². The highest BCUT2D eigenvalue weighted by Crippen LogP contribution is 2.22.